The number of esters is 3. The topological polar surface area (TPSA) is 251 Å². The number of epoxide rings is 2. The van der Waals surface area contributed by atoms with Gasteiger partial charge in [-0.2, -0.15) is 5.26 Å². The van der Waals surface area contributed by atoms with Crippen LogP contribution in [-0.2, 0) is 79.5 Å². The van der Waals surface area contributed by atoms with Crippen LogP contribution in [0.2, 0.25) is 76.6 Å². The van der Waals surface area contributed by atoms with E-state index in [0.717, 1.165) is 77.4 Å². The fourth-order valence-electron chi connectivity index (χ4n) is 8.06. The standard InChI is InChI=1S/C30H52N2O11Si2.C16H34O5Si2.C7H9NO3/c1-23(2)27(33)39-15-11-31-19-25(41-29(31)35)21-37-13-9-17-44(5,6)43-45(7,8)18-10-14-38-22-26-20-32(30(36)42-26)12-16-40-28(34)24(3)4;1-22(2,9-5-7-17-11-15-13-19-15)21-23(3,4)10-6-8-18-12-16-14-20-16;1-6(2)7(9)11-4-3-10-5-8/h25-26H,1,3,9-22H2,2,4-8H3;15-16H,5-14H2,1-4H3;1,3-4H2,2H3. The van der Waals surface area contributed by atoms with Crippen molar-refractivity contribution in [2.75, 3.05) is 119 Å². The minimum atomic E-state index is -1.90. The summed E-state index contributed by atoms with van der Waals surface area (Å²) >= 11 is 0. The van der Waals surface area contributed by atoms with Crippen molar-refractivity contribution in [2.45, 2.75) is 147 Å². The number of hydrogen-bond acceptors (Lipinski definition) is 20. The fraction of sp³-hybridized carbons (Fsp3) is 0.774. The normalized spacial score (nSPS) is 18.7. The average molecular weight is 1190 g/mol. The predicted octanol–water partition coefficient (Wildman–Crippen LogP) is 7.73. The third-order valence-corrected chi connectivity index (χ3v) is 27.1. The van der Waals surface area contributed by atoms with Crippen molar-refractivity contribution in [1.82, 2.24) is 9.80 Å². The van der Waals surface area contributed by atoms with Gasteiger partial charge in [-0.1, -0.05) is 19.7 Å². The highest BCUT2D eigenvalue weighted by Gasteiger charge is 2.36. The second kappa shape index (κ2) is 37.2. The zero-order chi connectivity index (χ0) is 59.1. The van der Waals surface area contributed by atoms with Crippen molar-refractivity contribution >= 4 is 63.4 Å². The Morgan fingerprint density at radius 2 is 0.797 bits per heavy atom. The van der Waals surface area contributed by atoms with Crippen LogP contribution in [0, 0.1) is 11.5 Å². The molecule has 0 saturated carbocycles. The second-order valence-electron chi connectivity index (χ2n) is 22.5. The molecule has 26 heteroatoms. The van der Waals surface area contributed by atoms with E-state index in [2.05, 4.69) is 81.6 Å². The lowest BCUT2D eigenvalue weighted by Gasteiger charge is -2.34. The molecule has 4 unspecified atom stereocenters. The van der Waals surface area contributed by atoms with E-state index in [1.165, 1.54) is 28.1 Å². The van der Waals surface area contributed by atoms with Gasteiger partial charge >= 0.3 is 30.1 Å². The third kappa shape index (κ3) is 35.5. The fourth-order valence-corrected chi connectivity index (χ4v) is 25.6. The van der Waals surface area contributed by atoms with Crippen LogP contribution in [0.4, 0.5) is 9.59 Å². The number of ether oxygens (including phenoxy) is 12. The second-order valence-corrected chi connectivity index (χ2v) is 40.2. The van der Waals surface area contributed by atoms with Crippen LogP contribution in [0.15, 0.2) is 36.5 Å². The quantitative estimate of drug-likeness (QED) is 0.0108. The largest absolute Gasteiger partial charge is 0.460 e. The van der Waals surface area contributed by atoms with Crippen molar-refractivity contribution in [1.29, 1.82) is 5.26 Å². The van der Waals surface area contributed by atoms with Gasteiger partial charge in [-0.3, -0.25) is 0 Å². The zero-order valence-electron chi connectivity index (χ0n) is 49.4. The van der Waals surface area contributed by atoms with Gasteiger partial charge < -0.3 is 74.9 Å². The first-order valence-electron chi connectivity index (χ1n) is 27.5. The lowest BCUT2D eigenvalue weighted by molar-refractivity contribution is -0.140. The molecule has 79 heavy (non-hydrogen) atoms. The Bertz CT molecular complexity index is 1850. The number of nitrogens with zero attached hydrogens (tertiary/aromatic N) is 3. The maximum atomic E-state index is 12.0. The van der Waals surface area contributed by atoms with Gasteiger partial charge in [0.1, 0.15) is 50.8 Å². The van der Waals surface area contributed by atoms with Gasteiger partial charge in [0.05, 0.1) is 65.8 Å². The molecule has 0 spiro atoms. The van der Waals surface area contributed by atoms with Crippen molar-refractivity contribution < 1.29 is 89.0 Å². The summed E-state index contributed by atoms with van der Waals surface area (Å²) in [6, 6.07) is 4.26. The van der Waals surface area contributed by atoms with Gasteiger partial charge in [-0.25, -0.2) is 24.0 Å². The zero-order valence-corrected chi connectivity index (χ0v) is 53.4. The van der Waals surface area contributed by atoms with Crippen LogP contribution < -0.4 is 0 Å². The van der Waals surface area contributed by atoms with Gasteiger partial charge in [-0.05, 0) is 123 Å². The molecule has 4 atom stereocenters. The summed E-state index contributed by atoms with van der Waals surface area (Å²) in [5.41, 5.74) is 0.968. The molecule has 4 saturated heterocycles. The molecule has 4 aliphatic rings. The lowest BCUT2D eigenvalue weighted by atomic mass is 10.3. The molecule has 0 aromatic heterocycles. The average Bonchev–Trinajstić information content (AvgIpc) is 4.29. The molecule has 4 fully saturated rings. The summed E-state index contributed by atoms with van der Waals surface area (Å²) in [6.07, 6.45) is 4.57. The van der Waals surface area contributed by atoms with Crippen LogP contribution in [0.5, 0.6) is 0 Å². The maximum absolute atomic E-state index is 12.0. The predicted molar refractivity (Wildman–Crippen MR) is 305 cm³/mol. The summed E-state index contributed by atoms with van der Waals surface area (Å²) in [5, 5.41) is 7.91. The smallest absolute Gasteiger partial charge is 0.410 e. The van der Waals surface area contributed by atoms with Crippen molar-refractivity contribution in [2.24, 2.45) is 0 Å². The van der Waals surface area contributed by atoms with Gasteiger partial charge in [0.15, 0.2) is 33.3 Å². The molecular formula is C53H95N3O19Si4. The van der Waals surface area contributed by atoms with Crippen molar-refractivity contribution in [3.8, 4) is 6.26 Å². The monoisotopic (exact) mass is 1190 g/mol. The Hall–Kier alpha value is -3.99. The van der Waals surface area contributed by atoms with Gasteiger partial charge in [-0.15, -0.1) is 0 Å². The first kappa shape index (κ1) is 71.1. The van der Waals surface area contributed by atoms with E-state index in [9.17, 15) is 24.0 Å². The van der Waals surface area contributed by atoms with E-state index in [1.807, 2.05) is 0 Å². The van der Waals surface area contributed by atoms with E-state index < -0.39 is 63.4 Å². The van der Waals surface area contributed by atoms with Crippen molar-refractivity contribution in [3.05, 3.63) is 36.5 Å². The van der Waals surface area contributed by atoms with Crippen LogP contribution >= 0.6 is 0 Å². The Labute approximate surface area is 474 Å². The number of cyclic esters (lactones) is 2. The molecule has 2 amide bonds. The SMILES string of the molecule is C=C(C)C(=O)OCCN1CC(COCCC[Si](C)(C)O[Si](C)(C)CCCOCC2CN(CCOC(=O)C(=C)C)C(=O)O2)OC1=O.C=C(C)C(=O)OCCOC#N.C[Si](C)(CCCOCC1CO1)O[Si](C)(C)CCCOCC1CO1. The summed E-state index contributed by atoms with van der Waals surface area (Å²) in [6.45, 7) is 41.8. The van der Waals surface area contributed by atoms with Crippen LogP contribution in [0.3, 0.4) is 0 Å². The van der Waals surface area contributed by atoms with Crippen LogP contribution in [-0.4, -0.2) is 216 Å². The molecule has 4 rings (SSSR count). The first-order valence-corrected chi connectivity index (χ1v) is 39.9. The van der Waals surface area contributed by atoms with Crippen LogP contribution in [0.25, 0.3) is 0 Å². The first-order chi connectivity index (χ1) is 37.1. The van der Waals surface area contributed by atoms with E-state index >= 15 is 0 Å². The highest BCUT2D eigenvalue weighted by Crippen LogP contribution is 2.26. The lowest BCUT2D eigenvalue weighted by Crippen LogP contribution is -2.44. The molecule has 0 N–H and O–H groups in total. The Morgan fingerprint density at radius 3 is 1.08 bits per heavy atom. The molecule has 0 aliphatic carbocycles. The Kier molecular flexibility index (Phi) is 33.5. The van der Waals surface area contributed by atoms with E-state index in [0.29, 0.717) is 68.4 Å². The molecule has 0 aromatic carbocycles. The Morgan fingerprint density at radius 1 is 0.506 bits per heavy atom. The summed E-state index contributed by atoms with van der Waals surface area (Å²) in [4.78, 5) is 60.7. The third-order valence-electron chi connectivity index (χ3n) is 12.0. The number of nitriles is 1. The molecule has 0 bridgehead atoms. The highest BCUT2D eigenvalue weighted by atomic mass is 28.4. The van der Waals surface area contributed by atoms with Gasteiger partial charge in [0.25, 0.3) is 6.26 Å². The van der Waals surface area contributed by atoms with E-state index in [-0.39, 0.29) is 51.7 Å². The summed E-state index contributed by atoms with van der Waals surface area (Å²) < 4.78 is 76.1. The van der Waals surface area contributed by atoms with Gasteiger partial charge in [0, 0.05) is 43.1 Å². The molecule has 4 heterocycles. The van der Waals surface area contributed by atoms with Crippen molar-refractivity contribution in [3.63, 3.8) is 0 Å². The minimum Gasteiger partial charge on any atom is -0.460 e. The Balaban J connectivity index is 0.000000514. The minimum absolute atomic E-state index is 0.0826. The molecule has 452 valence electrons. The number of carbonyl (C=O) groups is 5. The molecule has 0 aromatic rings. The maximum Gasteiger partial charge on any atom is 0.410 e. The number of hydrogen-bond donors (Lipinski definition) is 0. The highest BCUT2D eigenvalue weighted by molar-refractivity contribution is 6.85. The molecule has 4 aliphatic heterocycles. The number of carbonyl (C=O) groups excluding carboxylic acids is 5. The summed E-state index contributed by atoms with van der Waals surface area (Å²) in [5.74, 6) is -1.42. The number of amides is 2. The van der Waals surface area contributed by atoms with E-state index in [1.54, 1.807) is 20.8 Å². The molecule has 22 nitrogen and oxygen atoms in total. The molecule has 0 radical (unpaired) electrons. The molecular weight excluding hydrogens is 1090 g/mol. The summed E-state index contributed by atoms with van der Waals surface area (Å²) in [7, 11) is -6.98. The van der Waals surface area contributed by atoms with Crippen LogP contribution in [0.1, 0.15) is 46.5 Å². The van der Waals surface area contributed by atoms with Gasteiger partial charge in [0.2, 0.25) is 0 Å². The van der Waals surface area contributed by atoms with E-state index in [4.69, 9.17) is 60.9 Å². The number of rotatable bonds is 40.